The summed E-state index contributed by atoms with van der Waals surface area (Å²) >= 11 is 0. The highest BCUT2D eigenvalue weighted by Gasteiger charge is 2.19. The molecule has 21 heavy (non-hydrogen) atoms. The van der Waals surface area contributed by atoms with Crippen molar-refractivity contribution in [3.05, 3.63) is 0 Å². The minimum atomic E-state index is 0.358. The van der Waals surface area contributed by atoms with Crippen molar-refractivity contribution >= 4 is 0 Å². The fourth-order valence-corrected chi connectivity index (χ4v) is 3.07. The number of aliphatic hydroxyl groups is 1. The molecule has 0 aliphatic carbocycles. The van der Waals surface area contributed by atoms with E-state index in [1.807, 2.05) is 0 Å². The molecule has 0 amide bonds. The maximum Gasteiger partial charge on any atom is 0.0459 e. The monoisotopic (exact) mass is 298 g/mol. The third kappa shape index (κ3) is 8.18. The molecule has 1 heterocycles. The predicted molar refractivity (Wildman–Crippen MR) is 91.6 cm³/mol. The SMILES string of the molecule is CC(C)N1CCN(CCC[C@@H](CO)CCC(C)(C)C)CC1. The van der Waals surface area contributed by atoms with Gasteiger partial charge in [0.05, 0.1) is 0 Å². The molecule has 0 aromatic rings. The average Bonchev–Trinajstić information content (AvgIpc) is 2.42. The van der Waals surface area contributed by atoms with Crippen molar-refractivity contribution in [1.82, 2.24) is 9.80 Å². The van der Waals surface area contributed by atoms with Gasteiger partial charge in [-0.1, -0.05) is 20.8 Å². The number of nitrogens with zero attached hydrogens (tertiary/aromatic N) is 2. The van der Waals surface area contributed by atoms with Crippen molar-refractivity contribution in [1.29, 1.82) is 0 Å². The third-order valence-electron chi connectivity index (χ3n) is 4.78. The standard InChI is InChI=1S/C18H38N2O/c1-16(2)20-13-11-19(12-14-20)10-6-7-17(15-21)8-9-18(3,4)5/h16-17,21H,6-15H2,1-5H3/t17-/m1/s1. The van der Waals surface area contributed by atoms with Crippen molar-refractivity contribution in [2.45, 2.75) is 66.3 Å². The van der Waals surface area contributed by atoms with E-state index in [1.54, 1.807) is 0 Å². The Labute approximate surface area is 132 Å². The Hall–Kier alpha value is -0.120. The van der Waals surface area contributed by atoms with Crippen LogP contribution in [0, 0.1) is 11.3 Å². The zero-order valence-corrected chi connectivity index (χ0v) is 15.1. The van der Waals surface area contributed by atoms with E-state index in [-0.39, 0.29) is 0 Å². The Morgan fingerprint density at radius 1 is 1.00 bits per heavy atom. The predicted octanol–water partition coefficient (Wildman–Crippen LogP) is 3.23. The van der Waals surface area contributed by atoms with E-state index in [0.717, 1.165) is 0 Å². The smallest absolute Gasteiger partial charge is 0.0459 e. The minimum Gasteiger partial charge on any atom is -0.396 e. The van der Waals surface area contributed by atoms with Gasteiger partial charge < -0.3 is 10.0 Å². The molecule has 1 atom stereocenters. The second-order valence-electron chi connectivity index (χ2n) is 8.26. The Morgan fingerprint density at radius 2 is 1.62 bits per heavy atom. The van der Waals surface area contributed by atoms with Crippen molar-refractivity contribution < 1.29 is 5.11 Å². The number of hydrogen-bond acceptors (Lipinski definition) is 3. The van der Waals surface area contributed by atoms with Crippen LogP contribution in [0.3, 0.4) is 0 Å². The number of aliphatic hydroxyl groups excluding tert-OH is 1. The lowest BCUT2D eigenvalue weighted by Gasteiger charge is -2.37. The van der Waals surface area contributed by atoms with Crippen LogP contribution in [0.5, 0.6) is 0 Å². The summed E-state index contributed by atoms with van der Waals surface area (Å²) < 4.78 is 0. The van der Waals surface area contributed by atoms with Gasteiger partial charge in [0, 0.05) is 38.8 Å². The summed E-state index contributed by atoms with van der Waals surface area (Å²) in [5.41, 5.74) is 0.389. The van der Waals surface area contributed by atoms with Crippen LogP contribution in [0.15, 0.2) is 0 Å². The summed E-state index contributed by atoms with van der Waals surface area (Å²) in [4.78, 5) is 5.16. The van der Waals surface area contributed by atoms with Gasteiger partial charge in [0.25, 0.3) is 0 Å². The molecule has 0 unspecified atom stereocenters. The Bertz CT molecular complexity index is 265. The summed E-state index contributed by atoms with van der Waals surface area (Å²) in [6, 6.07) is 0.684. The first-order valence-corrected chi connectivity index (χ1v) is 8.89. The van der Waals surface area contributed by atoms with Gasteiger partial charge in [0.1, 0.15) is 0 Å². The van der Waals surface area contributed by atoms with Crippen LogP contribution in [0.25, 0.3) is 0 Å². The second kappa shape index (κ2) is 9.12. The molecule has 0 aromatic carbocycles. The van der Waals surface area contributed by atoms with E-state index in [0.29, 0.717) is 24.0 Å². The van der Waals surface area contributed by atoms with Gasteiger partial charge in [-0.2, -0.15) is 0 Å². The van der Waals surface area contributed by atoms with Gasteiger partial charge in [0.15, 0.2) is 0 Å². The minimum absolute atomic E-state index is 0.358. The van der Waals surface area contributed by atoms with Crippen LogP contribution in [0.4, 0.5) is 0 Å². The molecule has 126 valence electrons. The fraction of sp³-hybridized carbons (Fsp3) is 1.00. The normalized spacial score (nSPS) is 20.1. The molecule has 1 saturated heterocycles. The van der Waals surface area contributed by atoms with E-state index < -0.39 is 0 Å². The summed E-state index contributed by atoms with van der Waals surface area (Å²) in [6.45, 7) is 17.9. The molecule has 1 aliphatic rings. The Kier molecular flexibility index (Phi) is 8.22. The van der Waals surface area contributed by atoms with Gasteiger partial charge in [0.2, 0.25) is 0 Å². The first-order valence-electron chi connectivity index (χ1n) is 8.89. The molecular weight excluding hydrogens is 260 g/mol. The van der Waals surface area contributed by atoms with E-state index in [2.05, 4.69) is 44.4 Å². The Morgan fingerprint density at radius 3 is 2.10 bits per heavy atom. The van der Waals surface area contributed by atoms with Crippen LogP contribution in [0.2, 0.25) is 0 Å². The molecule has 3 heteroatoms. The largest absolute Gasteiger partial charge is 0.396 e. The summed E-state index contributed by atoms with van der Waals surface area (Å²) in [5, 5.41) is 9.54. The highest BCUT2D eigenvalue weighted by molar-refractivity contribution is 4.74. The molecule has 1 N–H and O–H groups in total. The first kappa shape index (κ1) is 18.9. The lowest BCUT2D eigenvalue weighted by molar-refractivity contribution is 0.104. The zero-order chi connectivity index (χ0) is 15.9. The summed E-state index contributed by atoms with van der Waals surface area (Å²) in [6.07, 6.45) is 4.79. The van der Waals surface area contributed by atoms with Crippen molar-refractivity contribution in [3.63, 3.8) is 0 Å². The number of rotatable bonds is 8. The molecule has 1 rings (SSSR count). The molecule has 0 spiro atoms. The topological polar surface area (TPSA) is 26.7 Å². The Balaban J connectivity index is 2.15. The molecule has 0 aromatic heterocycles. The summed E-state index contributed by atoms with van der Waals surface area (Å²) in [5.74, 6) is 0.501. The quantitative estimate of drug-likeness (QED) is 0.745. The van der Waals surface area contributed by atoms with Gasteiger partial charge in [-0.05, 0) is 57.4 Å². The maximum absolute atomic E-state index is 9.54. The summed E-state index contributed by atoms with van der Waals surface area (Å²) in [7, 11) is 0. The van der Waals surface area contributed by atoms with Gasteiger partial charge in [-0.25, -0.2) is 0 Å². The number of hydrogen-bond donors (Lipinski definition) is 1. The molecule has 3 nitrogen and oxygen atoms in total. The highest BCUT2D eigenvalue weighted by Crippen LogP contribution is 2.25. The van der Waals surface area contributed by atoms with Crippen LogP contribution in [0.1, 0.15) is 60.3 Å². The van der Waals surface area contributed by atoms with Crippen LogP contribution in [-0.2, 0) is 0 Å². The van der Waals surface area contributed by atoms with E-state index >= 15 is 0 Å². The highest BCUT2D eigenvalue weighted by atomic mass is 16.3. The van der Waals surface area contributed by atoms with E-state index in [4.69, 9.17) is 0 Å². The van der Waals surface area contributed by atoms with Crippen LogP contribution in [-0.4, -0.2) is 60.3 Å². The van der Waals surface area contributed by atoms with E-state index in [1.165, 1.54) is 58.4 Å². The average molecular weight is 299 g/mol. The van der Waals surface area contributed by atoms with Crippen LogP contribution < -0.4 is 0 Å². The van der Waals surface area contributed by atoms with Gasteiger partial charge in [-0.15, -0.1) is 0 Å². The zero-order valence-electron chi connectivity index (χ0n) is 15.1. The first-order chi connectivity index (χ1) is 9.81. The molecule has 1 aliphatic heterocycles. The van der Waals surface area contributed by atoms with Gasteiger partial charge in [-0.3, -0.25) is 4.90 Å². The van der Waals surface area contributed by atoms with Crippen LogP contribution >= 0.6 is 0 Å². The fourth-order valence-electron chi connectivity index (χ4n) is 3.07. The maximum atomic E-state index is 9.54. The van der Waals surface area contributed by atoms with Gasteiger partial charge >= 0.3 is 0 Å². The molecule has 1 fully saturated rings. The number of piperazine rings is 1. The lowest BCUT2D eigenvalue weighted by Crippen LogP contribution is -2.48. The molecule has 0 saturated carbocycles. The van der Waals surface area contributed by atoms with Crippen molar-refractivity contribution in [2.75, 3.05) is 39.3 Å². The molecule has 0 bridgehead atoms. The van der Waals surface area contributed by atoms with E-state index in [9.17, 15) is 5.11 Å². The molecule has 0 radical (unpaired) electrons. The van der Waals surface area contributed by atoms with Crippen molar-refractivity contribution in [3.8, 4) is 0 Å². The lowest BCUT2D eigenvalue weighted by atomic mass is 9.85. The van der Waals surface area contributed by atoms with Crippen molar-refractivity contribution in [2.24, 2.45) is 11.3 Å². The third-order valence-corrected chi connectivity index (χ3v) is 4.78. The second-order valence-corrected chi connectivity index (χ2v) is 8.26. The molecular formula is C18H38N2O.